The second-order valence-electron chi connectivity index (χ2n) is 3.35. The van der Waals surface area contributed by atoms with Crippen LogP contribution in [0.1, 0.15) is 12.8 Å². The van der Waals surface area contributed by atoms with Gasteiger partial charge in [-0.1, -0.05) is 6.07 Å². The molecule has 1 aliphatic rings. The topological polar surface area (TPSA) is 54.0 Å². The lowest BCUT2D eigenvalue weighted by atomic mass is 10.2. The first-order valence-corrected chi connectivity index (χ1v) is 4.81. The second-order valence-corrected chi connectivity index (χ2v) is 3.35. The summed E-state index contributed by atoms with van der Waals surface area (Å²) in [6, 6.07) is 5.41. The van der Waals surface area contributed by atoms with Gasteiger partial charge in [0, 0.05) is 6.20 Å². The second kappa shape index (κ2) is 7.44. The van der Waals surface area contributed by atoms with Crippen molar-refractivity contribution in [2.24, 2.45) is 0 Å². The molecule has 0 bridgehead atoms. The van der Waals surface area contributed by atoms with E-state index in [4.69, 9.17) is 0 Å². The van der Waals surface area contributed by atoms with Crippen LogP contribution in [0.2, 0.25) is 0 Å². The van der Waals surface area contributed by atoms with E-state index in [1.54, 1.807) is 12.3 Å². The van der Waals surface area contributed by atoms with Crippen LogP contribution < -0.4 is 10.6 Å². The number of rotatable bonds is 2. The van der Waals surface area contributed by atoms with E-state index in [0.717, 1.165) is 19.4 Å². The summed E-state index contributed by atoms with van der Waals surface area (Å²) in [4.78, 5) is 15.6. The number of amides is 1. The summed E-state index contributed by atoms with van der Waals surface area (Å²) in [5.74, 6) is 0.632. The van der Waals surface area contributed by atoms with Gasteiger partial charge in [0.25, 0.3) is 0 Å². The van der Waals surface area contributed by atoms with Crippen molar-refractivity contribution in [1.82, 2.24) is 10.3 Å². The number of pyridine rings is 1. The molecule has 1 aromatic rings. The van der Waals surface area contributed by atoms with Crippen molar-refractivity contribution in [1.29, 1.82) is 0 Å². The van der Waals surface area contributed by atoms with Gasteiger partial charge in [0.05, 0.1) is 6.04 Å². The highest BCUT2D eigenvalue weighted by Crippen LogP contribution is 2.08. The fraction of sp³-hybridized carbons (Fsp3) is 0.400. The standard InChI is InChI=1S/C10H13N3O.2ClH/c14-10(8-4-3-7-11-8)13-9-5-1-2-6-12-9;;/h1-2,5-6,8,11H,3-4,7H2,(H,12,13,14);2*1H/t8-;;/m0../s1. The SMILES string of the molecule is Cl.Cl.O=C(Nc1ccccn1)[C@@H]1CCCN1. The third-order valence-corrected chi connectivity index (χ3v) is 2.29. The van der Waals surface area contributed by atoms with E-state index in [0.29, 0.717) is 5.82 Å². The fourth-order valence-electron chi connectivity index (χ4n) is 1.56. The van der Waals surface area contributed by atoms with Gasteiger partial charge >= 0.3 is 0 Å². The summed E-state index contributed by atoms with van der Waals surface area (Å²) >= 11 is 0. The number of anilines is 1. The number of halogens is 2. The zero-order valence-electron chi connectivity index (χ0n) is 8.68. The van der Waals surface area contributed by atoms with Crippen LogP contribution in [0.15, 0.2) is 24.4 Å². The van der Waals surface area contributed by atoms with E-state index in [-0.39, 0.29) is 36.8 Å². The minimum atomic E-state index is -0.0444. The molecule has 2 rings (SSSR count). The first kappa shape index (κ1) is 15.2. The molecule has 6 heteroatoms. The highest BCUT2D eigenvalue weighted by Gasteiger charge is 2.21. The highest BCUT2D eigenvalue weighted by molar-refractivity contribution is 5.94. The van der Waals surface area contributed by atoms with Crippen molar-refractivity contribution in [3.63, 3.8) is 0 Å². The Balaban J connectivity index is 0.00000112. The molecule has 2 N–H and O–H groups in total. The molecule has 1 fully saturated rings. The lowest BCUT2D eigenvalue weighted by Gasteiger charge is -2.09. The van der Waals surface area contributed by atoms with Gasteiger partial charge in [-0.3, -0.25) is 4.79 Å². The zero-order valence-corrected chi connectivity index (χ0v) is 10.3. The Hall–Kier alpha value is -0.840. The van der Waals surface area contributed by atoms with Crippen molar-refractivity contribution >= 4 is 36.5 Å². The van der Waals surface area contributed by atoms with Crippen LogP contribution in [0, 0.1) is 0 Å². The van der Waals surface area contributed by atoms with Crippen molar-refractivity contribution in [3.05, 3.63) is 24.4 Å². The van der Waals surface area contributed by atoms with Crippen LogP contribution >= 0.6 is 24.8 Å². The molecule has 4 nitrogen and oxygen atoms in total. The maximum Gasteiger partial charge on any atom is 0.242 e. The van der Waals surface area contributed by atoms with Crippen LogP contribution in [0.3, 0.4) is 0 Å². The Morgan fingerprint density at radius 2 is 2.25 bits per heavy atom. The Bertz CT molecular complexity index is 315. The maximum atomic E-state index is 11.6. The van der Waals surface area contributed by atoms with Gasteiger partial charge in [-0.15, -0.1) is 24.8 Å². The van der Waals surface area contributed by atoms with Gasteiger partial charge in [-0.25, -0.2) is 4.98 Å². The summed E-state index contributed by atoms with van der Waals surface area (Å²) in [5.41, 5.74) is 0. The molecule has 1 saturated heterocycles. The van der Waals surface area contributed by atoms with Crippen molar-refractivity contribution in [2.75, 3.05) is 11.9 Å². The number of aromatic nitrogens is 1. The molecule has 1 aliphatic heterocycles. The van der Waals surface area contributed by atoms with Gasteiger partial charge in [0.2, 0.25) is 5.91 Å². The average molecular weight is 264 g/mol. The molecule has 90 valence electrons. The summed E-state index contributed by atoms with van der Waals surface area (Å²) in [7, 11) is 0. The summed E-state index contributed by atoms with van der Waals surface area (Å²) < 4.78 is 0. The van der Waals surface area contributed by atoms with Gasteiger partial charge in [-0.05, 0) is 31.5 Å². The van der Waals surface area contributed by atoms with E-state index in [1.165, 1.54) is 0 Å². The van der Waals surface area contributed by atoms with Gasteiger partial charge in [-0.2, -0.15) is 0 Å². The van der Waals surface area contributed by atoms with Crippen molar-refractivity contribution in [2.45, 2.75) is 18.9 Å². The van der Waals surface area contributed by atoms with E-state index in [2.05, 4.69) is 15.6 Å². The Morgan fingerprint density at radius 3 is 2.81 bits per heavy atom. The summed E-state index contributed by atoms with van der Waals surface area (Å²) in [5, 5.41) is 5.91. The number of carbonyl (C=O) groups is 1. The van der Waals surface area contributed by atoms with Crippen LogP contribution in [0.5, 0.6) is 0 Å². The number of hydrogen-bond acceptors (Lipinski definition) is 3. The number of carbonyl (C=O) groups excluding carboxylic acids is 1. The molecule has 0 aromatic carbocycles. The molecule has 16 heavy (non-hydrogen) atoms. The van der Waals surface area contributed by atoms with E-state index in [1.807, 2.05) is 12.1 Å². The van der Waals surface area contributed by atoms with Crippen LogP contribution in [0.4, 0.5) is 5.82 Å². The molecular weight excluding hydrogens is 249 g/mol. The zero-order chi connectivity index (χ0) is 9.80. The number of nitrogens with zero attached hydrogens (tertiary/aromatic N) is 1. The van der Waals surface area contributed by atoms with E-state index < -0.39 is 0 Å². The summed E-state index contributed by atoms with van der Waals surface area (Å²) in [6.07, 6.45) is 3.65. The van der Waals surface area contributed by atoms with Crippen molar-refractivity contribution < 1.29 is 4.79 Å². The maximum absolute atomic E-state index is 11.6. The first-order valence-electron chi connectivity index (χ1n) is 4.81. The van der Waals surface area contributed by atoms with Crippen LogP contribution in [-0.4, -0.2) is 23.5 Å². The molecule has 1 aromatic heterocycles. The minimum absolute atomic E-state index is 0. The lowest BCUT2D eigenvalue weighted by molar-refractivity contribution is -0.117. The predicted octanol–water partition coefficient (Wildman–Crippen LogP) is 1.62. The van der Waals surface area contributed by atoms with Gasteiger partial charge in [0.1, 0.15) is 5.82 Å². The summed E-state index contributed by atoms with van der Waals surface area (Å²) in [6.45, 7) is 0.931. The Morgan fingerprint density at radius 1 is 1.44 bits per heavy atom. The quantitative estimate of drug-likeness (QED) is 0.853. The monoisotopic (exact) mass is 263 g/mol. The molecule has 2 heterocycles. The minimum Gasteiger partial charge on any atom is -0.309 e. The van der Waals surface area contributed by atoms with Crippen molar-refractivity contribution in [3.8, 4) is 0 Å². The average Bonchev–Trinajstić information content (AvgIpc) is 2.72. The smallest absolute Gasteiger partial charge is 0.242 e. The first-order chi connectivity index (χ1) is 6.86. The van der Waals surface area contributed by atoms with Crippen LogP contribution in [0.25, 0.3) is 0 Å². The Labute approximate surface area is 107 Å². The Kier molecular flexibility index (Phi) is 7.05. The van der Waals surface area contributed by atoms with E-state index >= 15 is 0 Å². The number of hydrogen-bond donors (Lipinski definition) is 2. The molecular formula is C10H15Cl2N3O. The highest BCUT2D eigenvalue weighted by atomic mass is 35.5. The molecule has 1 amide bonds. The third kappa shape index (κ3) is 3.96. The molecule has 0 aliphatic carbocycles. The largest absolute Gasteiger partial charge is 0.309 e. The molecule has 0 radical (unpaired) electrons. The van der Waals surface area contributed by atoms with Gasteiger partial charge in [0.15, 0.2) is 0 Å². The molecule has 0 saturated carbocycles. The number of nitrogens with one attached hydrogen (secondary N) is 2. The normalized spacial score (nSPS) is 18.1. The predicted molar refractivity (Wildman–Crippen MR) is 68.4 cm³/mol. The molecule has 0 unspecified atom stereocenters. The third-order valence-electron chi connectivity index (χ3n) is 2.29. The lowest BCUT2D eigenvalue weighted by Crippen LogP contribution is -2.35. The van der Waals surface area contributed by atoms with Crippen LogP contribution in [-0.2, 0) is 4.79 Å². The molecule has 1 atom stereocenters. The molecule has 0 spiro atoms. The van der Waals surface area contributed by atoms with Gasteiger partial charge < -0.3 is 10.6 Å². The fourth-order valence-corrected chi connectivity index (χ4v) is 1.56. The van der Waals surface area contributed by atoms with E-state index in [9.17, 15) is 4.79 Å².